The van der Waals surface area contributed by atoms with Crippen molar-refractivity contribution in [1.29, 1.82) is 0 Å². The monoisotopic (exact) mass is 290 g/mol. The normalized spacial score (nSPS) is 10.2. The number of pyridine rings is 1. The SMILES string of the molecule is CCOC(=O)c1cc(Oc2cccc(C)c2F)ncc1N. The second-order valence-corrected chi connectivity index (χ2v) is 4.32. The van der Waals surface area contributed by atoms with Gasteiger partial charge in [-0.05, 0) is 25.5 Å². The minimum Gasteiger partial charge on any atom is -0.462 e. The van der Waals surface area contributed by atoms with Gasteiger partial charge in [0.2, 0.25) is 5.88 Å². The third kappa shape index (κ3) is 3.28. The fourth-order valence-electron chi connectivity index (χ4n) is 1.70. The van der Waals surface area contributed by atoms with Gasteiger partial charge in [-0.3, -0.25) is 0 Å². The summed E-state index contributed by atoms with van der Waals surface area (Å²) in [6.07, 6.45) is 1.27. The van der Waals surface area contributed by atoms with Crippen molar-refractivity contribution in [2.24, 2.45) is 0 Å². The summed E-state index contributed by atoms with van der Waals surface area (Å²) in [5.41, 5.74) is 6.43. The number of hydrogen-bond acceptors (Lipinski definition) is 5. The summed E-state index contributed by atoms with van der Waals surface area (Å²) in [7, 11) is 0. The second kappa shape index (κ2) is 6.21. The van der Waals surface area contributed by atoms with E-state index in [2.05, 4.69) is 4.98 Å². The van der Waals surface area contributed by atoms with Crippen molar-refractivity contribution < 1.29 is 18.7 Å². The summed E-state index contributed by atoms with van der Waals surface area (Å²) < 4.78 is 24.1. The molecule has 0 spiro atoms. The van der Waals surface area contributed by atoms with Crippen LogP contribution in [0.1, 0.15) is 22.8 Å². The highest BCUT2D eigenvalue weighted by Gasteiger charge is 2.14. The summed E-state index contributed by atoms with van der Waals surface area (Å²) in [4.78, 5) is 15.7. The van der Waals surface area contributed by atoms with Gasteiger partial charge in [-0.25, -0.2) is 14.2 Å². The van der Waals surface area contributed by atoms with E-state index in [0.29, 0.717) is 5.56 Å². The number of carbonyl (C=O) groups excluding carboxylic acids is 1. The third-order valence-corrected chi connectivity index (χ3v) is 2.78. The van der Waals surface area contributed by atoms with Crippen LogP contribution in [0, 0.1) is 12.7 Å². The van der Waals surface area contributed by atoms with Crippen LogP contribution in [0.25, 0.3) is 0 Å². The Labute approximate surface area is 121 Å². The quantitative estimate of drug-likeness (QED) is 0.876. The minimum absolute atomic E-state index is 0.0297. The van der Waals surface area contributed by atoms with Gasteiger partial charge in [0.25, 0.3) is 0 Å². The Morgan fingerprint density at radius 3 is 2.90 bits per heavy atom. The first-order valence-corrected chi connectivity index (χ1v) is 6.38. The largest absolute Gasteiger partial charge is 0.462 e. The highest BCUT2D eigenvalue weighted by Crippen LogP contribution is 2.26. The van der Waals surface area contributed by atoms with Gasteiger partial charge in [0.05, 0.1) is 24.1 Å². The Hall–Kier alpha value is -2.63. The summed E-state index contributed by atoms with van der Waals surface area (Å²) in [6.45, 7) is 3.54. The molecule has 6 heteroatoms. The number of aryl methyl sites for hydroxylation is 1. The molecule has 5 nitrogen and oxygen atoms in total. The van der Waals surface area contributed by atoms with Crippen molar-refractivity contribution in [2.75, 3.05) is 12.3 Å². The van der Waals surface area contributed by atoms with Crippen LogP contribution in [0.3, 0.4) is 0 Å². The number of halogens is 1. The summed E-state index contributed by atoms with van der Waals surface area (Å²) in [5, 5.41) is 0. The highest BCUT2D eigenvalue weighted by molar-refractivity contribution is 5.95. The molecule has 0 saturated carbocycles. The highest BCUT2D eigenvalue weighted by atomic mass is 19.1. The van der Waals surface area contributed by atoms with Crippen molar-refractivity contribution >= 4 is 11.7 Å². The number of nitrogens with zero attached hydrogens (tertiary/aromatic N) is 1. The molecule has 0 unspecified atom stereocenters. The Kier molecular flexibility index (Phi) is 4.37. The number of aromatic nitrogens is 1. The fraction of sp³-hybridized carbons (Fsp3) is 0.200. The molecule has 0 aliphatic carbocycles. The Morgan fingerprint density at radius 1 is 1.43 bits per heavy atom. The molecular formula is C15H15FN2O3. The number of anilines is 1. The van der Waals surface area contributed by atoms with E-state index in [-0.39, 0.29) is 29.5 Å². The standard InChI is InChI=1S/C15H15FN2O3/c1-3-20-15(19)10-7-13(18-8-11(10)17)21-12-6-4-5-9(2)14(12)16/h4-8H,3,17H2,1-2H3. The molecule has 0 aliphatic heterocycles. The zero-order valence-corrected chi connectivity index (χ0v) is 11.7. The van der Waals surface area contributed by atoms with Crippen LogP contribution in [0.5, 0.6) is 11.6 Å². The lowest BCUT2D eigenvalue weighted by molar-refractivity contribution is 0.0527. The van der Waals surface area contributed by atoms with E-state index in [1.54, 1.807) is 26.0 Å². The van der Waals surface area contributed by atoms with Gasteiger partial charge in [-0.15, -0.1) is 0 Å². The molecule has 1 aromatic carbocycles. The van der Waals surface area contributed by atoms with E-state index in [4.69, 9.17) is 15.2 Å². The zero-order chi connectivity index (χ0) is 15.4. The van der Waals surface area contributed by atoms with Gasteiger partial charge in [0.15, 0.2) is 11.6 Å². The van der Waals surface area contributed by atoms with Crippen molar-refractivity contribution in [3.63, 3.8) is 0 Å². The second-order valence-electron chi connectivity index (χ2n) is 4.32. The lowest BCUT2D eigenvalue weighted by atomic mass is 10.2. The third-order valence-electron chi connectivity index (χ3n) is 2.78. The van der Waals surface area contributed by atoms with Gasteiger partial charge in [-0.1, -0.05) is 12.1 Å². The van der Waals surface area contributed by atoms with Crippen molar-refractivity contribution in [2.45, 2.75) is 13.8 Å². The van der Waals surface area contributed by atoms with E-state index < -0.39 is 11.8 Å². The lowest BCUT2D eigenvalue weighted by Gasteiger charge is -2.10. The number of nitrogens with two attached hydrogens (primary N) is 1. The molecule has 2 aromatic rings. The molecule has 2 N–H and O–H groups in total. The van der Waals surface area contributed by atoms with Gasteiger partial charge in [-0.2, -0.15) is 0 Å². The van der Waals surface area contributed by atoms with Crippen LogP contribution in [0.15, 0.2) is 30.5 Å². The molecule has 0 atom stereocenters. The van der Waals surface area contributed by atoms with Crippen LogP contribution in [0.2, 0.25) is 0 Å². The Balaban J connectivity index is 2.31. The number of rotatable bonds is 4. The van der Waals surface area contributed by atoms with E-state index in [1.807, 2.05) is 0 Å². The van der Waals surface area contributed by atoms with Gasteiger partial charge in [0.1, 0.15) is 0 Å². The first kappa shape index (κ1) is 14.8. The number of esters is 1. The molecule has 0 fully saturated rings. The van der Waals surface area contributed by atoms with Crippen LogP contribution in [0.4, 0.5) is 10.1 Å². The molecule has 110 valence electrons. The molecule has 1 aromatic heterocycles. The maximum Gasteiger partial charge on any atom is 0.340 e. The predicted octanol–water partition coefficient (Wildman–Crippen LogP) is 3.08. The Bertz CT molecular complexity index is 674. The maximum absolute atomic E-state index is 13.9. The van der Waals surface area contributed by atoms with Crippen LogP contribution in [-0.4, -0.2) is 17.6 Å². The number of benzene rings is 1. The van der Waals surface area contributed by atoms with Gasteiger partial charge >= 0.3 is 5.97 Å². The predicted molar refractivity (Wildman–Crippen MR) is 75.8 cm³/mol. The number of hydrogen-bond donors (Lipinski definition) is 1. The molecule has 0 saturated heterocycles. The molecule has 1 heterocycles. The Morgan fingerprint density at radius 2 is 2.19 bits per heavy atom. The van der Waals surface area contributed by atoms with Crippen LogP contribution < -0.4 is 10.5 Å². The average Bonchev–Trinajstić information content (AvgIpc) is 2.46. The van der Waals surface area contributed by atoms with Crippen molar-refractivity contribution in [3.8, 4) is 11.6 Å². The van der Waals surface area contributed by atoms with Gasteiger partial charge < -0.3 is 15.2 Å². The first-order valence-electron chi connectivity index (χ1n) is 6.38. The lowest BCUT2D eigenvalue weighted by Crippen LogP contribution is -2.09. The van der Waals surface area contributed by atoms with E-state index >= 15 is 0 Å². The fourth-order valence-corrected chi connectivity index (χ4v) is 1.70. The summed E-state index contributed by atoms with van der Waals surface area (Å²) >= 11 is 0. The number of carbonyl (C=O) groups is 1. The minimum atomic E-state index is -0.577. The topological polar surface area (TPSA) is 74.4 Å². The average molecular weight is 290 g/mol. The van der Waals surface area contributed by atoms with Crippen molar-refractivity contribution in [3.05, 3.63) is 47.4 Å². The van der Waals surface area contributed by atoms with Gasteiger partial charge in [0, 0.05) is 6.07 Å². The van der Waals surface area contributed by atoms with Crippen LogP contribution in [-0.2, 0) is 4.74 Å². The molecule has 2 rings (SSSR count). The van der Waals surface area contributed by atoms with Crippen LogP contribution >= 0.6 is 0 Å². The molecule has 21 heavy (non-hydrogen) atoms. The van der Waals surface area contributed by atoms with E-state index in [0.717, 1.165) is 0 Å². The number of nitrogen functional groups attached to an aromatic ring is 1. The summed E-state index contributed by atoms with van der Waals surface area (Å²) in [6, 6.07) is 6.10. The van der Waals surface area contributed by atoms with Crippen molar-refractivity contribution in [1.82, 2.24) is 4.98 Å². The smallest absolute Gasteiger partial charge is 0.340 e. The molecular weight excluding hydrogens is 275 g/mol. The summed E-state index contributed by atoms with van der Waals surface area (Å²) in [5.74, 6) is -0.959. The zero-order valence-electron chi connectivity index (χ0n) is 11.7. The van der Waals surface area contributed by atoms with E-state index in [1.165, 1.54) is 18.3 Å². The molecule has 0 aliphatic rings. The maximum atomic E-state index is 13.9. The first-order chi connectivity index (χ1) is 10.0. The van der Waals surface area contributed by atoms with E-state index in [9.17, 15) is 9.18 Å². The molecule has 0 amide bonds. The number of ether oxygens (including phenoxy) is 2. The molecule has 0 radical (unpaired) electrons. The molecule has 0 bridgehead atoms.